The summed E-state index contributed by atoms with van der Waals surface area (Å²) in [6.45, 7) is 7.60. The number of carbonyl (C=O) groups excluding carboxylic acids is 2. The predicted molar refractivity (Wildman–Crippen MR) is 94.4 cm³/mol. The fourth-order valence-corrected chi connectivity index (χ4v) is 2.86. The largest absolute Gasteiger partial charge is 0.494 e. The molecule has 3 amide bonds. The minimum atomic E-state index is -0.131. The van der Waals surface area contributed by atoms with Gasteiger partial charge in [0.15, 0.2) is 0 Å². The molecule has 0 unspecified atom stereocenters. The molecule has 1 heterocycles. The molecule has 132 valence electrons. The Morgan fingerprint density at radius 2 is 2.12 bits per heavy atom. The van der Waals surface area contributed by atoms with E-state index >= 15 is 0 Å². The van der Waals surface area contributed by atoms with Crippen molar-refractivity contribution in [3.05, 3.63) is 23.8 Å². The summed E-state index contributed by atoms with van der Waals surface area (Å²) in [5.41, 5.74) is 1.74. The van der Waals surface area contributed by atoms with Crippen LogP contribution in [0.2, 0.25) is 0 Å². The van der Waals surface area contributed by atoms with Crippen molar-refractivity contribution in [1.82, 2.24) is 10.2 Å². The molecule has 1 aromatic carbocycles. The van der Waals surface area contributed by atoms with Crippen LogP contribution in [0.4, 0.5) is 10.5 Å². The second-order valence-electron chi connectivity index (χ2n) is 6.05. The summed E-state index contributed by atoms with van der Waals surface area (Å²) < 4.78 is 5.51. The van der Waals surface area contributed by atoms with E-state index in [0.717, 1.165) is 29.8 Å². The van der Waals surface area contributed by atoms with Gasteiger partial charge in [-0.05, 0) is 50.5 Å². The molecule has 0 radical (unpaired) electrons. The first kappa shape index (κ1) is 18.1. The van der Waals surface area contributed by atoms with Gasteiger partial charge in [-0.25, -0.2) is 4.79 Å². The van der Waals surface area contributed by atoms with Crippen LogP contribution in [0.25, 0.3) is 0 Å². The summed E-state index contributed by atoms with van der Waals surface area (Å²) in [5, 5.41) is 5.90. The lowest BCUT2D eigenvalue weighted by Crippen LogP contribution is -2.50. The van der Waals surface area contributed by atoms with Crippen LogP contribution in [-0.2, 0) is 4.79 Å². The van der Waals surface area contributed by atoms with Gasteiger partial charge in [-0.15, -0.1) is 0 Å². The minimum absolute atomic E-state index is 0.0318. The van der Waals surface area contributed by atoms with Crippen LogP contribution in [0, 0.1) is 6.92 Å². The van der Waals surface area contributed by atoms with Gasteiger partial charge in [0.1, 0.15) is 5.75 Å². The summed E-state index contributed by atoms with van der Waals surface area (Å²) >= 11 is 0. The summed E-state index contributed by atoms with van der Waals surface area (Å²) in [4.78, 5) is 25.7. The molecule has 0 aromatic heterocycles. The SMILES string of the molecule is CCOc1ccc(NC(=O)N2CCC[C@H](NC(=O)CC)C2)cc1C. The smallest absolute Gasteiger partial charge is 0.321 e. The molecule has 0 aliphatic carbocycles. The van der Waals surface area contributed by atoms with E-state index in [1.165, 1.54) is 0 Å². The topological polar surface area (TPSA) is 70.7 Å². The number of amides is 3. The van der Waals surface area contributed by atoms with Gasteiger partial charge in [-0.3, -0.25) is 4.79 Å². The molecule has 1 saturated heterocycles. The molecule has 1 aliphatic rings. The Morgan fingerprint density at radius 3 is 2.79 bits per heavy atom. The zero-order chi connectivity index (χ0) is 17.5. The van der Waals surface area contributed by atoms with E-state index in [1.54, 1.807) is 4.90 Å². The van der Waals surface area contributed by atoms with Crippen LogP contribution < -0.4 is 15.4 Å². The number of ether oxygens (including phenoxy) is 1. The predicted octanol–water partition coefficient (Wildman–Crippen LogP) is 2.92. The molecule has 1 aliphatic heterocycles. The van der Waals surface area contributed by atoms with Crippen molar-refractivity contribution in [2.45, 2.75) is 46.1 Å². The summed E-state index contributed by atoms with van der Waals surface area (Å²) in [7, 11) is 0. The van der Waals surface area contributed by atoms with Gasteiger partial charge in [0.05, 0.1) is 6.61 Å². The second kappa shape index (κ2) is 8.57. The monoisotopic (exact) mass is 333 g/mol. The number of benzene rings is 1. The number of rotatable bonds is 5. The number of hydrogen-bond acceptors (Lipinski definition) is 3. The van der Waals surface area contributed by atoms with Gasteiger partial charge < -0.3 is 20.3 Å². The Hall–Kier alpha value is -2.24. The number of likely N-dealkylation sites (tertiary alicyclic amines) is 1. The molecular formula is C18H27N3O3. The van der Waals surface area contributed by atoms with E-state index < -0.39 is 0 Å². The van der Waals surface area contributed by atoms with E-state index in [4.69, 9.17) is 4.74 Å². The zero-order valence-electron chi connectivity index (χ0n) is 14.7. The van der Waals surface area contributed by atoms with Crippen molar-refractivity contribution in [1.29, 1.82) is 0 Å². The number of carbonyl (C=O) groups is 2. The lowest BCUT2D eigenvalue weighted by Gasteiger charge is -2.33. The van der Waals surface area contributed by atoms with Gasteiger partial charge in [0, 0.05) is 31.2 Å². The molecule has 2 N–H and O–H groups in total. The van der Waals surface area contributed by atoms with Crippen molar-refractivity contribution < 1.29 is 14.3 Å². The molecule has 6 nitrogen and oxygen atoms in total. The quantitative estimate of drug-likeness (QED) is 0.870. The van der Waals surface area contributed by atoms with E-state index in [1.807, 2.05) is 39.0 Å². The highest BCUT2D eigenvalue weighted by Crippen LogP contribution is 2.22. The van der Waals surface area contributed by atoms with Crippen molar-refractivity contribution >= 4 is 17.6 Å². The van der Waals surface area contributed by atoms with Crippen LogP contribution in [0.5, 0.6) is 5.75 Å². The molecule has 0 spiro atoms. The maximum Gasteiger partial charge on any atom is 0.321 e. The lowest BCUT2D eigenvalue weighted by atomic mass is 10.1. The number of hydrogen-bond donors (Lipinski definition) is 2. The highest BCUT2D eigenvalue weighted by Gasteiger charge is 2.24. The molecule has 0 saturated carbocycles. The molecular weight excluding hydrogens is 306 g/mol. The summed E-state index contributed by atoms with van der Waals surface area (Å²) in [6.07, 6.45) is 2.27. The molecule has 24 heavy (non-hydrogen) atoms. The first-order valence-electron chi connectivity index (χ1n) is 8.62. The third kappa shape index (κ3) is 4.88. The third-order valence-corrected chi connectivity index (χ3v) is 4.12. The van der Waals surface area contributed by atoms with Crippen molar-refractivity contribution in [3.8, 4) is 5.75 Å². The maximum absolute atomic E-state index is 12.5. The molecule has 6 heteroatoms. The fourth-order valence-electron chi connectivity index (χ4n) is 2.86. The van der Waals surface area contributed by atoms with Gasteiger partial charge in [-0.2, -0.15) is 0 Å². The average Bonchev–Trinajstić information content (AvgIpc) is 2.57. The van der Waals surface area contributed by atoms with Crippen molar-refractivity contribution in [2.75, 3.05) is 25.0 Å². The highest BCUT2D eigenvalue weighted by atomic mass is 16.5. The van der Waals surface area contributed by atoms with Crippen molar-refractivity contribution in [2.24, 2.45) is 0 Å². The Labute approximate surface area is 143 Å². The molecule has 2 rings (SSSR count). The van der Waals surface area contributed by atoms with E-state index in [-0.39, 0.29) is 18.0 Å². The number of nitrogens with zero attached hydrogens (tertiary/aromatic N) is 1. The Balaban J connectivity index is 1.94. The second-order valence-corrected chi connectivity index (χ2v) is 6.05. The number of urea groups is 1. The first-order chi connectivity index (χ1) is 11.5. The number of aryl methyl sites for hydroxylation is 1. The molecule has 0 bridgehead atoms. The normalized spacial score (nSPS) is 17.3. The Kier molecular flexibility index (Phi) is 6.46. The van der Waals surface area contributed by atoms with Crippen LogP contribution in [0.15, 0.2) is 18.2 Å². The first-order valence-corrected chi connectivity index (χ1v) is 8.62. The fraction of sp³-hybridized carbons (Fsp3) is 0.556. The van der Waals surface area contributed by atoms with E-state index in [0.29, 0.717) is 26.1 Å². The number of nitrogens with one attached hydrogen (secondary N) is 2. The molecule has 1 fully saturated rings. The number of piperidine rings is 1. The van der Waals surface area contributed by atoms with E-state index in [9.17, 15) is 9.59 Å². The molecule has 1 atom stereocenters. The highest BCUT2D eigenvalue weighted by molar-refractivity contribution is 5.89. The number of anilines is 1. The zero-order valence-corrected chi connectivity index (χ0v) is 14.7. The van der Waals surface area contributed by atoms with Crippen LogP contribution in [-0.4, -0.2) is 42.6 Å². The van der Waals surface area contributed by atoms with Crippen LogP contribution >= 0.6 is 0 Å². The summed E-state index contributed by atoms with van der Waals surface area (Å²) in [5.74, 6) is 0.861. The Bertz CT molecular complexity index is 589. The van der Waals surface area contributed by atoms with Crippen LogP contribution in [0.1, 0.15) is 38.7 Å². The minimum Gasteiger partial charge on any atom is -0.494 e. The standard InChI is InChI=1S/C18H27N3O3/c1-4-17(22)19-15-7-6-10-21(12-15)18(23)20-14-8-9-16(24-5-2)13(3)11-14/h8-9,11,15H,4-7,10,12H2,1-3H3,(H,19,22)(H,20,23)/t15-/m0/s1. The van der Waals surface area contributed by atoms with Gasteiger partial charge in [0.2, 0.25) is 5.91 Å². The van der Waals surface area contributed by atoms with Gasteiger partial charge in [0.25, 0.3) is 0 Å². The Morgan fingerprint density at radius 1 is 1.33 bits per heavy atom. The van der Waals surface area contributed by atoms with Gasteiger partial charge >= 0.3 is 6.03 Å². The van der Waals surface area contributed by atoms with Crippen molar-refractivity contribution in [3.63, 3.8) is 0 Å². The average molecular weight is 333 g/mol. The lowest BCUT2D eigenvalue weighted by molar-refractivity contribution is -0.121. The van der Waals surface area contributed by atoms with Crippen LogP contribution in [0.3, 0.4) is 0 Å². The third-order valence-electron chi connectivity index (χ3n) is 4.12. The molecule has 1 aromatic rings. The van der Waals surface area contributed by atoms with E-state index in [2.05, 4.69) is 10.6 Å². The maximum atomic E-state index is 12.5. The summed E-state index contributed by atoms with van der Waals surface area (Å²) in [6, 6.07) is 5.53. The van der Waals surface area contributed by atoms with Gasteiger partial charge in [-0.1, -0.05) is 6.92 Å².